The van der Waals surface area contributed by atoms with Gasteiger partial charge in [-0.3, -0.25) is 9.59 Å². The molecule has 7 heteroatoms. The number of amides is 2. The SMILES string of the molecule is CCN(CC)c1ccc(C(=O)OCC(=O)NCC(=O)Nc2cccc(C)c2C)cc1. The van der Waals surface area contributed by atoms with Crippen LogP contribution in [0, 0.1) is 13.8 Å². The second-order valence-electron chi connectivity index (χ2n) is 6.87. The number of benzene rings is 2. The van der Waals surface area contributed by atoms with Crippen molar-refractivity contribution in [2.75, 3.05) is 36.5 Å². The smallest absolute Gasteiger partial charge is 0.338 e. The summed E-state index contributed by atoms with van der Waals surface area (Å²) in [5.74, 6) is -1.48. The maximum atomic E-state index is 12.1. The van der Waals surface area contributed by atoms with Crippen LogP contribution < -0.4 is 15.5 Å². The summed E-state index contributed by atoms with van der Waals surface area (Å²) >= 11 is 0. The highest BCUT2D eigenvalue weighted by Crippen LogP contribution is 2.17. The topological polar surface area (TPSA) is 87.7 Å². The molecule has 0 saturated heterocycles. The van der Waals surface area contributed by atoms with Gasteiger partial charge in [0.2, 0.25) is 5.91 Å². The highest BCUT2D eigenvalue weighted by Gasteiger charge is 2.12. The fourth-order valence-electron chi connectivity index (χ4n) is 2.92. The molecule has 2 amide bonds. The molecule has 2 aromatic carbocycles. The average molecular weight is 412 g/mol. The summed E-state index contributed by atoms with van der Waals surface area (Å²) < 4.78 is 5.03. The molecular weight excluding hydrogens is 382 g/mol. The predicted molar refractivity (Wildman–Crippen MR) is 118 cm³/mol. The van der Waals surface area contributed by atoms with E-state index in [4.69, 9.17) is 4.74 Å². The van der Waals surface area contributed by atoms with E-state index in [1.807, 2.05) is 38.1 Å². The lowest BCUT2D eigenvalue weighted by atomic mass is 10.1. The van der Waals surface area contributed by atoms with Crippen LogP contribution in [0.25, 0.3) is 0 Å². The molecule has 2 N–H and O–H groups in total. The van der Waals surface area contributed by atoms with Crippen molar-refractivity contribution in [1.29, 1.82) is 0 Å². The van der Waals surface area contributed by atoms with Gasteiger partial charge >= 0.3 is 5.97 Å². The molecule has 0 fully saturated rings. The molecule has 0 heterocycles. The lowest BCUT2D eigenvalue weighted by molar-refractivity contribution is -0.126. The maximum Gasteiger partial charge on any atom is 0.338 e. The Hall–Kier alpha value is -3.35. The van der Waals surface area contributed by atoms with E-state index in [1.54, 1.807) is 18.2 Å². The van der Waals surface area contributed by atoms with Gasteiger partial charge in [0.25, 0.3) is 5.91 Å². The molecular formula is C23H29N3O4. The molecule has 0 aliphatic heterocycles. The third kappa shape index (κ3) is 6.34. The van der Waals surface area contributed by atoms with Gasteiger partial charge in [-0.15, -0.1) is 0 Å². The highest BCUT2D eigenvalue weighted by molar-refractivity contribution is 5.96. The average Bonchev–Trinajstić information content (AvgIpc) is 2.75. The van der Waals surface area contributed by atoms with E-state index in [1.165, 1.54) is 0 Å². The van der Waals surface area contributed by atoms with Crippen LogP contribution in [0.1, 0.15) is 35.3 Å². The lowest BCUT2D eigenvalue weighted by Crippen LogP contribution is -2.35. The quantitative estimate of drug-likeness (QED) is 0.619. The second-order valence-corrected chi connectivity index (χ2v) is 6.87. The maximum absolute atomic E-state index is 12.1. The number of nitrogens with zero attached hydrogens (tertiary/aromatic N) is 1. The molecule has 0 saturated carbocycles. The van der Waals surface area contributed by atoms with Crippen molar-refractivity contribution in [3.63, 3.8) is 0 Å². The third-order valence-electron chi connectivity index (χ3n) is 4.89. The third-order valence-corrected chi connectivity index (χ3v) is 4.89. The standard InChI is InChI=1S/C23H29N3O4/c1-5-26(6-2)19-12-10-18(11-13-19)23(29)30-15-22(28)24-14-21(27)25-20-9-7-8-16(3)17(20)4/h7-13H,5-6,14-15H2,1-4H3,(H,24,28)(H,25,27). The first-order chi connectivity index (χ1) is 14.3. The van der Waals surface area contributed by atoms with Crippen molar-refractivity contribution in [3.8, 4) is 0 Å². The Morgan fingerprint density at radius 2 is 1.60 bits per heavy atom. The van der Waals surface area contributed by atoms with E-state index in [-0.39, 0.29) is 12.5 Å². The van der Waals surface area contributed by atoms with E-state index in [2.05, 4.69) is 29.4 Å². The fourth-order valence-corrected chi connectivity index (χ4v) is 2.92. The van der Waals surface area contributed by atoms with Crippen LogP contribution in [0.2, 0.25) is 0 Å². The number of carbonyl (C=O) groups excluding carboxylic acids is 3. The summed E-state index contributed by atoms with van der Waals surface area (Å²) in [6.07, 6.45) is 0. The molecule has 0 spiro atoms. The Morgan fingerprint density at radius 3 is 2.23 bits per heavy atom. The molecule has 0 radical (unpaired) electrons. The Balaban J connectivity index is 1.78. The molecule has 30 heavy (non-hydrogen) atoms. The number of carbonyl (C=O) groups is 3. The predicted octanol–water partition coefficient (Wildman–Crippen LogP) is 3.06. The van der Waals surface area contributed by atoms with Crippen LogP contribution in [0.3, 0.4) is 0 Å². The molecule has 0 atom stereocenters. The molecule has 0 bridgehead atoms. The molecule has 160 valence electrons. The van der Waals surface area contributed by atoms with Gasteiger partial charge in [-0.05, 0) is 69.2 Å². The first kappa shape index (κ1) is 22.9. The van der Waals surface area contributed by atoms with E-state index < -0.39 is 18.5 Å². The number of hydrogen-bond donors (Lipinski definition) is 2. The van der Waals surface area contributed by atoms with Crippen LogP contribution in [-0.2, 0) is 14.3 Å². The molecule has 0 aromatic heterocycles. The van der Waals surface area contributed by atoms with Crippen molar-refractivity contribution in [1.82, 2.24) is 5.32 Å². The van der Waals surface area contributed by atoms with Crippen molar-refractivity contribution >= 4 is 29.2 Å². The minimum absolute atomic E-state index is 0.206. The minimum atomic E-state index is -0.587. The Labute approximate surface area is 177 Å². The molecule has 7 nitrogen and oxygen atoms in total. The molecule has 2 aromatic rings. The summed E-state index contributed by atoms with van der Waals surface area (Å²) in [6, 6.07) is 12.7. The summed E-state index contributed by atoms with van der Waals surface area (Å²) in [6.45, 7) is 9.08. The molecule has 0 unspecified atom stereocenters. The number of nitrogens with one attached hydrogen (secondary N) is 2. The van der Waals surface area contributed by atoms with Gasteiger partial charge in [-0.2, -0.15) is 0 Å². The molecule has 2 rings (SSSR count). The summed E-state index contributed by atoms with van der Waals surface area (Å²) in [7, 11) is 0. The van der Waals surface area contributed by atoms with Crippen LogP contribution in [0.4, 0.5) is 11.4 Å². The first-order valence-electron chi connectivity index (χ1n) is 10.0. The number of anilines is 2. The largest absolute Gasteiger partial charge is 0.452 e. The number of hydrogen-bond acceptors (Lipinski definition) is 5. The zero-order valence-corrected chi connectivity index (χ0v) is 18.0. The monoisotopic (exact) mass is 411 g/mol. The van der Waals surface area contributed by atoms with Crippen LogP contribution in [0.5, 0.6) is 0 Å². The summed E-state index contributed by atoms with van der Waals surface area (Å²) in [4.78, 5) is 38.2. The van der Waals surface area contributed by atoms with Crippen molar-refractivity contribution in [2.24, 2.45) is 0 Å². The van der Waals surface area contributed by atoms with Gasteiger partial charge < -0.3 is 20.3 Å². The first-order valence-corrected chi connectivity index (χ1v) is 10.0. The van der Waals surface area contributed by atoms with E-state index in [0.717, 1.165) is 29.9 Å². The number of ether oxygens (including phenoxy) is 1. The van der Waals surface area contributed by atoms with Crippen molar-refractivity contribution < 1.29 is 19.1 Å². The van der Waals surface area contributed by atoms with E-state index >= 15 is 0 Å². The number of aryl methyl sites for hydroxylation is 1. The summed E-state index contributed by atoms with van der Waals surface area (Å²) in [5, 5.41) is 5.20. The minimum Gasteiger partial charge on any atom is -0.452 e. The van der Waals surface area contributed by atoms with Crippen LogP contribution >= 0.6 is 0 Å². The highest BCUT2D eigenvalue weighted by atomic mass is 16.5. The zero-order valence-electron chi connectivity index (χ0n) is 18.0. The van der Waals surface area contributed by atoms with Crippen LogP contribution in [0.15, 0.2) is 42.5 Å². The second kappa shape index (κ2) is 11.0. The zero-order chi connectivity index (χ0) is 22.1. The van der Waals surface area contributed by atoms with Crippen molar-refractivity contribution in [3.05, 3.63) is 59.2 Å². The van der Waals surface area contributed by atoms with Crippen LogP contribution in [-0.4, -0.2) is 44.0 Å². The van der Waals surface area contributed by atoms with Gasteiger partial charge in [0, 0.05) is 24.5 Å². The normalized spacial score (nSPS) is 10.3. The Bertz CT molecular complexity index is 890. The van der Waals surface area contributed by atoms with E-state index in [0.29, 0.717) is 11.3 Å². The number of rotatable bonds is 9. The van der Waals surface area contributed by atoms with Gasteiger partial charge in [0.15, 0.2) is 6.61 Å². The van der Waals surface area contributed by atoms with Gasteiger partial charge in [0.1, 0.15) is 0 Å². The van der Waals surface area contributed by atoms with Gasteiger partial charge in [0.05, 0.1) is 12.1 Å². The fraction of sp³-hybridized carbons (Fsp3) is 0.348. The van der Waals surface area contributed by atoms with Gasteiger partial charge in [-0.1, -0.05) is 12.1 Å². The van der Waals surface area contributed by atoms with E-state index in [9.17, 15) is 14.4 Å². The Morgan fingerprint density at radius 1 is 0.933 bits per heavy atom. The molecule has 0 aliphatic rings. The number of esters is 1. The Kier molecular flexibility index (Phi) is 8.41. The molecule has 0 aliphatic carbocycles. The van der Waals surface area contributed by atoms with Crippen molar-refractivity contribution in [2.45, 2.75) is 27.7 Å². The lowest BCUT2D eigenvalue weighted by Gasteiger charge is -2.20. The summed E-state index contributed by atoms with van der Waals surface area (Å²) in [5.41, 5.74) is 4.12. The van der Waals surface area contributed by atoms with Gasteiger partial charge in [-0.25, -0.2) is 4.79 Å².